The molecule has 2 aromatic carbocycles. The number of aryl methyl sites for hydroxylation is 1. The van der Waals surface area contributed by atoms with Gasteiger partial charge in [0.15, 0.2) is 5.82 Å². The van der Waals surface area contributed by atoms with Crippen molar-refractivity contribution in [3.05, 3.63) is 64.9 Å². The Balaban J connectivity index is 1.52. The number of hydrogen-bond donors (Lipinski definition) is 2. The van der Waals surface area contributed by atoms with Gasteiger partial charge in [-0.3, -0.25) is 9.89 Å². The molecule has 0 radical (unpaired) electrons. The van der Waals surface area contributed by atoms with Gasteiger partial charge in [0, 0.05) is 10.7 Å². The average Bonchev–Trinajstić information content (AvgIpc) is 3.11. The number of halogens is 1. The lowest BCUT2D eigenvalue weighted by Gasteiger charge is -2.09. The van der Waals surface area contributed by atoms with Crippen LogP contribution in [-0.2, 0) is 11.4 Å². The second kappa shape index (κ2) is 8.92. The third kappa shape index (κ3) is 5.48. The molecule has 6 nitrogen and oxygen atoms in total. The number of ether oxygens (including phenoxy) is 1. The van der Waals surface area contributed by atoms with E-state index in [0.29, 0.717) is 21.8 Å². The Hall–Kier alpha value is -2.51. The number of aromatic amines is 1. The Morgan fingerprint density at radius 1 is 1.30 bits per heavy atom. The number of aromatic nitrogens is 3. The normalized spacial score (nSPS) is 11.8. The van der Waals surface area contributed by atoms with Crippen LogP contribution < -0.4 is 10.1 Å². The SMILES string of the molecule is Cc1cc(OCc2nc(S[C@@H](C)C(=O)Nc3ccccc3)n[nH]2)ccc1Cl. The maximum atomic E-state index is 12.3. The standard InChI is InChI=1S/C19H19ClN4O2S/c1-12-10-15(8-9-16(12)20)26-11-17-22-19(24-23-17)27-13(2)18(25)21-14-6-4-3-5-7-14/h3-10,13H,11H2,1-2H3,(H,21,25)(H,22,23,24)/t13-/m0/s1. The highest BCUT2D eigenvalue weighted by molar-refractivity contribution is 8.00. The molecule has 0 bridgehead atoms. The molecule has 1 atom stereocenters. The van der Waals surface area contributed by atoms with E-state index in [-0.39, 0.29) is 17.8 Å². The Morgan fingerprint density at radius 3 is 2.81 bits per heavy atom. The molecule has 3 aromatic rings. The maximum absolute atomic E-state index is 12.3. The minimum atomic E-state index is -0.339. The van der Waals surface area contributed by atoms with Crippen LogP contribution in [0, 0.1) is 6.92 Å². The highest BCUT2D eigenvalue weighted by Crippen LogP contribution is 2.23. The largest absolute Gasteiger partial charge is 0.486 e. The zero-order chi connectivity index (χ0) is 19.2. The van der Waals surface area contributed by atoms with Crippen molar-refractivity contribution in [3.8, 4) is 5.75 Å². The van der Waals surface area contributed by atoms with Gasteiger partial charge >= 0.3 is 0 Å². The van der Waals surface area contributed by atoms with E-state index in [2.05, 4.69) is 20.5 Å². The molecule has 27 heavy (non-hydrogen) atoms. The molecule has 0 aliphatic rings. The third-order valence-corrected chi connectivity index (χ3v) is 5.09. The molecule has 1 amide bonds. The Labute approximate surface area is 166 Å². The fraction of sp³-hybridized carbons (Fsp3) is 0.211. The van der Waals surface area contributed by atoms with E-state index in [4.69, 9.17) is 16.3 Å². The lowest BCUT2D eigenvalue weighted by Crippen LogP contribution is -2.22. The van der Waals surface area contributed by atoms with E-state index in [0.717, 1.165) is 11.3 Å². The number of carbonyl (C=O) groups is 1. The van der Waals surface area contributed by atoms with E-state index in [1.54, 1.807) is 12.1 Å². The first-order valence-corrected chi connectivity index (χ1v) is 9.60. The summed E-state index contributed by atoms with van der Waals surface area (Å²) in [6.07, 6.45) is 0. The quantitative estimate of drug-likeness (QED) is 0.570. The molecule has 0 spiro atoms. The van der Waals surface area contributed by atoms with Crippen LogP contribution in [-0.4, -0.2) is 26.3 Å². The van der Waals surface area contributed by atoms with Gasteiger partial charge in [-0.15, -0.1) is 5.10 Å². The molecule has 1 aromatic heterocycles. The Bertz CT molecular complexity index is 917. The first-order valence-electron chi connectivity index (χ1n) is 8.34. The second-order valence-electron chi connectivity index (χ2n) is 5.88. The van der Waals surface area contributed by atoms with Crippen LogP contribution in [0.3, 0.4) is 0 Å². The summed E-state index contributed by atoms with van der Waals surface area (Å²) in [5, 5.41) is 10.7. The zero-order valence-electron chi connectivity index (χ0n) is 14.9. The van der Waals surface area contributed by atoms with Crippen molar-refractivity contribution in [3.63, 3.8) is 0 Å². The summed E-state index contributed by atoms with van der Waals surface area (Å²) in [4.78, 5) is 16.6. The molecular formula is C19H19ClN4O2S. The van der Waals surface area contributed by atoms with E-state index in [1.807, 2.05) is 50.2 Å². The molecule has 0 saturated heterocycles. The summed E-state index contributed by atoms with van der Waals surface area (Å²) in [5.74, 6) is 1.18. The van der Waals surface area contributed by atoms with Gasteiger partial charge < -0.3 is 10.1 Å². The van der Waals surface area contributed by atoms with E-state index in [9.17, 15) is 4.79 Å². The van der Waals surface area contributed by atoms with Gasteiger partial charge in [-0.2, -0.15) is 0 Å². The maximum Gasteiger partial charge on any atom is 0.237 e. The van der Waals surface area contributed by atoms with Gasteiger partial charge in [0.05, 0.1) is 5.25 Å². The van der Waals surface area contributed by atoms with Crippen LogP contribution in [0.1, 0.15) is 18.3 Å². The van der Waals surface area contributed by atoms with Crippen molar-refractivity contribution in [2.45, 2.75) is 30.9 Å². The van der Waals surface area contributed by atoms with Crippen molar-refractivity contribution >= 4 is 35.0 Å². The number of H-pyrrole nitrogens is 1. The molecule has 2 N–H and O–H groups in total. The number of rotatable bonds is 7. The third-order valence-electron chi connectivity index (χ3n) is 3.71. The number of nitrogens with one attached hydrogen (secondary N) is 2. The molecule has 3 rings (SSSR count). The average molecular weight is 403 g/mol. The van der Waals surface area contributed by atoms with E-state index < -0.39 is 0 Å². The predicted molar refractivity (Wildman–Crippen MR) is 107 cm³/mol. The van der Waals surface area contributed by atoms with Crippen LogP contribution >= 0.6 is 23.4 Å². The topological polar surface area (TPSA) is 79.9 Å². The van der Waals surface area contributed by atoms with Crippen LogP contribution in [0.25, 0.3) is 0 Å². The molecule has 0 aliphatic carbocycles. The van der Waals surface area contributed by atoms with Gasteiger partial charge in [0.1, 0.15) is 12.4 Å². The number of anilines is 1. The highest BCUT2D eigenvalue weighted by Gasteiger charge is 2.17. The summed E-state index contributed by atoms with van der Waals surface area (Å²) in [5.41, 5.74) is 1.71. The number of amides is 1. The van der Waals surface area contributed by atoms with E-state index >= 15 is 0 Å². The molecule has 0 fully saturated rings. The summed E-state index contributed by atoms with van der Waals surface area (Å²) >= 11 is 7.29. The molecular weight excluding hydrogens is 384 g/mol. The minimum absolute atomic E-state index is 0.106. The van der Waals surface area contributed by atoms with E-state index in [1.165, 1.54) is 11.8 Å². The van der Waals surface area contributed by atoms with Gasteiger partial charge in [0.2, 0.25) is 11.1 Å². The van der Waals surface area contributed by atoms with Crippen LogP contribution in [0.15, 0.2) is 53.7 Å². The molecule has 0 unspecified atom stereocenters. The van der Waals surface area contributed by atoms with Crippen LogP contribution in [0.2, 0.25) is 5.02 Å². The Morgan fingerprint density at radius 2 is 2.07 bits per heavy atom. The van der Waals surface area contributed by atoms with Crippen molar-refractivity contribution in [1.82, 2.24) is 15.2 Å². The number of thioether (sulfide) groups is 1. The number of carbonyl (C=O) groups excluding carboxylic acids is 1. The summed E-state index contributed by atoms with van der Waals surface area (Å²) in [7, 11) is 0. The van der Waals surface area contributed by atoms with Gasteiger partial charge in [0.25, 0.3) is 0 Å². The van der Waals surface area contributed by atoms with Gasteiger partial charge in [-0.25, -0.2) is 4.98 Å². The number of benzene rings is 2. The van der Waals surface area contributed by atoms with Crippen LogP contribution in [0.5, 0.6) is 5.75 Å². The van der Waals surface area contributed by atoms with Crippen molar-refractivity contribution in [2.24, 2.45) is 0 Å². The summed E-state index contributed by atoms with van der Waals surface area (Å²) in [6, 6.07) is 14.8. The number of hydrogen-bond acceptors (Lipinski definition) is 5. The molecule has 0 saturated carbocycles. The smallest absolute Gasteiger partial charge is 0.237 e. The predicted octanol–water partition coefficient (Wildman–Crippen LogP) is 4.46. The fourth-order valence-electron chi connectivity index (χ4n) is 2.23. The molecule has 140 valence electrons. The lowest BCUT2D eigenvalue weighted by atomic mass is 10.2. The number of para-hydroxylation sites is 1. The van der Waals surface area contributed by atoms with Crippen molar-refractivity contribution < 1.29 is 9.53 Å². The monoisotopic (exact) mass is 402 g/mol. The Kier molecular flexibility index (Phi) is 6.36. The lowest BCUT2D eigenvalue weighted by molar-refractivity contribution is -0.115. The van der Waals surface area contributed by atoms with Crippen LogP contribution in [0.4, 0.5) is 5.69 Å². The first kappa shape index (κ1) is 19.3. The summed E-state index contributed by atoms with van der Waals surface area (Å²) < 4.78 is 5.69. The molecule has 1 heterocycles. The van der Waals surface area contributed by atoms with Gasteiger partial charge in [-0.1, -0.05) is 41.6 Å². The highest BCUT2D eigenvalue weighted by atomic mass is 35.5. The number of nitrogens with zero attached hydrogens (tertiary/aromatic N) is 2. The van der Waals surface area contributed by atoms with Crippen molar-refractivity contribution in [2.75, 3.05) is 5.32 Å². The molecule has 8 heteroatoms. The summed E-state index contributed by atoms with van der Waals surface area (Å²) in [6.45, 7) is 3.98. The first-order chi connectivity index (χ1) is 13.0. The van der Waals surface area contributed by atoms with Crippen molar-refractivity contribution in [1.29, 1.82) is 0 Å². The second-order valence-corrected chi connectivity index (χ2v) is 7.59. The fourth-order valence-corrected chi connectivity index (χ4v) is 3.09. The molecule has 0 aliphatic heterocycles. The minimum Gasteiger partial charge on any atom is -0.486 e. The zero-order valence-corrected chi connectivity index (χ0v) is 16.5. The van der Waals surface area contributed by atoms with Gasteiger partial charge in [-0.05, 0) is 49.7 Å².